The van der Waals surface area contributed by atoms with Crippen LogP contribution in [0.3, 0.4) is 0 Å². The van der Waals surface area contributed by atoms with E-state index >= 15 is 0 Å². The molecule has 2 amide bonds. The molecule has 1 aromatic rings. The van der Waals surface area contributed by atoms with Crippen LogP contribution in [0.1, 0.15) is 33.7 Å². The smallest absolute Gasteiger partial charge is 0.320 e. The highest BCUT2D eigenvalue weighted by Crippen LogP contribution is 2.50. The van der Waals surface area contributed by atoms with Gasteiger partial charge in [-0.3, -0.25) is 14.4 Å². The highest BCUT2D eigenvalue weighted by molar-refractivity contribution is 8.01. The maximum absolute atomic E-state index is 12.5. The molecule has 2 fully saturated rings. The molecule has 4 atom stereocenters. The second kappa shape index (κ2) is 5.81. The van der Waals surface area contributed by atoms with E-state index in [0.29, 0.717) is 5.56 Å². The number of thioether (sulfide) groups is 1. The number of nitrogens with one attached hydrogen (secondary N) is 1. The average Bonchev–Trinajstić information content (AvgIpc) is 2.73. The Morgan fingerprint density at radius 3 is 2.54 bits per heavy atom. The topological polar surface area (TPSA) is 86.7 Å². The van der Waals surface area contributed by atoms with Crippen LogP contribution in [-0.4, -0.2) is 50.0 Å². The number of benzene rings is 1. The van der Waals surface area contributed by atoms with Gasteiger partial charge in [-0.1, -0.05) is 30.3 Å². The lowest BCUT2D eigenvalue weighted by Gasteiger charge is -2.44. The van der Waals surface area contributed by atoms with Gasteiger partial charge in [-0.2, -0.15) is 0 Å². The molecule has 0 aliphatic carbocycles. The molecule has 130 valence electrons. The van der Waals surface area contributed by atoms with Crippen molar-refractivity contribution < 1.29 is 20.9 Å². The number of nitrogens with zero attached hydrogens (tertiary/aromatic N) is 1. The minimum atomic E-state index is -1.31. The van der Waals surface area contributed by atoms with Crippen molar-refractivity contribution in [2.75, 3.05) is 0 Å². The first-order valence-corrected chi connectivity index (χ1v) is 8.70. The second-order valence-corrected chi connectivity index (χ2v) is 8.47. The van der Waals surface area contributed by atoms with Gasteiger partial charge >= 0.3 is 5.97 Å². The van der Waals surface area contributed by atoms with Crippen LogP contribution in [0.15, 0.2) is 30.3 Å². The maximum Gasteiger partial charge on any atom is 0.320 e. The monoisotopic (exact) mass is 350 g/mol. The third-order valence-corrected chi connectivity index (χ3v) is 6.56. The van der Waals surface area contributed by atoms with Gasteiger partial charge in [0.1, 0.15) is 11.4 Å². The van der Waals surface area contributed by atoms with Crippen molar-refractivity contribution in [1.82, 2.24) is 10.2 Å². The zero-order valence-corrected chi connectivity index (χ0v) is 14.5. The molecule has 6 nitrogen and oxygen atoms in total. The molecule has 2 saturated heterocycles. The lowest BCUT2D eigenvalue weighted by Crippen LogP contribution is -2.69. The number of β-lactam (4-membered cyclic amide) rings is 1. The Bertz CT molecular complexity index is 697. The number of carboxylic acid groups (broad SMARTS) is 1. The van der Waals surface area contributed by atoms with Gasteiger partial charge in [0.15, 0.2) is 5.92 Å². The summed E-state index contributed by atoms with van der Waals surface area (Å²) in [5.74, 6) is -3.33. The first-order valence-electron chi connectivity index (χ1n) is 7.82. The zero-order valence-electron chi connectivity index (χ0n) is 13.7. The van der Waals surface area contributed by atoms with Gasteiger partial charge in [-0.25, -0.2) is 0 Å². The van der Waals surface area contributed by atoms with Crippen molar-refractivity contribution in [2.45, 2.75) is 48.9 Å². The summed E-state index contributed by atoms with van der Waals surface area (Å²) in [7, 11) is 0. The van der Waals surface area contributed by atoms with Gasteiger partial charge in [0, 0.05) is 12.2 Å². The number of fused-ring (bicyclic) bond motifs is 1. The molecule has 2 heterocycles. The minimum Gasteiger partial charge on any atom is -0.480 e. The summed E-state index contributed by atoms with van der Waals surface area (Å²) in [6.45, 7) is 6.13. The highest BCUT2D eigenvalue weighted by atomic mass is 32.2. The molecule has 2 aliphatic rings. The summed E-state index contributed by atoms with van der Waals surface area (Å²) in [5.41, 5.74) is 0.402. The van der Waals surface area contributed by atoms with E-state index in [0.717, 1.165) is 0 Å². The van der Waals surface area contributed by atoms with Gasteiger partial charge in [-0.05, 0) is 26.3 Å². The largest absolute Gasteiger partial charge is 0.480 e. The Morgan fingerprint density at radius 1 is 1.33 bits per heavy atom. The van der Waals surface area contributed by atoms with Crippen molar-refractivity contribution in [1.29, 1.82) is 0 Å². The molecule has 0 spiro atoms. The second-order valence-electron chi connectivity index (χ2n) is 6.70. The van der Waals surface area contributed by atoms with E-state index in [9.17, 15) is 19.5 Å². The Hall–Kier alpha value is -2.02. The van der Waals surface area contributed by atoms with Gasteiger partial charge < -0.3 is 15.3 Å². The molecule has 0 bridgehead atoms. The van der Waals surface area contributed by atoms with Gasteiger partial charge in [0.2, 0.25) is 11.8 Å². The first-order chi connectivity index (χ1) is 11.2. The number of rotatable bonds is 4. The van der Waals surface area contributed by atoms with E-state index in [1.165, 1.54) is 0 Å². The number of hydrogen-bond donors (Lipinski definition) is 2. The van der Waals surface area contributed by atoms with Crippen LogP contribution in [0.2, 0.25) is 0 Å². The summed E-state index contributed by atoms with van der Waals surface area (Å²) in [6.07, 6.45) is 0. The van der Waals surface area contributed by atoms with E-state index in [4.69, 9.17) is 0 Å². The fourth-order valence-electron chi connectivity index (χ4n) is 3.19. The third kappa shape index (κ3) is 2.56. The Morgan fingerprint density at radius 2 is 1.96 bits per heavy atom. The van der Waals surface area contributed by atoms with Gasteiger partial charge in [-0.15, -0.1) is 11.8 Å². The fraction of sp³-hybridized carbons (Fsp3) is 0.471. The van der Waals surface area contributed by atoms with E-state index in [1.807, 2.05) is 6.92 Å². The Kier molecular flexibility index (Phi) is 4.07. The van der Waals surface area contributed by atoms with Crippen molar-refractivity contribution in [3.05, 3.63) is 35.9 Å². The average molecular weight is 350 g/mol. The molecular weight excluding hydrogens is 328 g/mol. The molecule has 1 aromatic carbocycles. The normalized spacial score (nSPS) is 28.7. The van der Waals surface area contributed by atoms with Crippen molar-refractivity contribution in [2.24, 2.45) is 0 Å². The molecule has 0 radical (unpaired) electrons. The molecule has 2 aliphatic heterocycles. The lowest BCUT2D eigenvalue weighted by atomic mass is 9.95. The zero-order chi connectivity index (χ0) is 17.6. The quantitative estimate of drug-likeness (QED) is 0.637. The van der Waals surface area contributed by atoms with Crippen LogP contribution < -0.4 is 5.32 Å². The van der Waals surface area contributed by atoms with Crippen molar-refractivity contribution in [3.8, 4) is 0 Å². The number of aliphatic carboxylic acids is 1. The third-order valence-electron chi connectivity index (χ3n) is 4.87. The number of carbonyl (C=O) groups is 3. The number of hydrogen-bond acceptors (Lipinski definition) is 4. The van der Waals surface area contributed by atoms with Crippen LogP contribution >= 0.6 is 11.8 Å². The molecule has 2 unspecified atom stereocenters. The predicted octanol–water partition coefficient (Wildman–Crippen LogP) is 1.67. The van der Waals surface area contributed by atoms with Crippen molar-refractivity contribution >= 4 is 29.5 Å². The van der Waals surface area contributed by atoms with Gasteiger partial charge in [0.25, 0.3) is 0 Å². The summed E-state index contributed by atoms with van der Waals surface area (Å²) in [4.78, 5) is 38.2. The summed E-state index contributed by atoms with van der Waals surface area (Å²) in [5, 5.41) is 11.9. The standard InChI is InChI=1S/C17H20N2O4S.H2/c1-9-17(2,3)24-15-12(14(21)19(9)15)18-13(20)11(16(22)23)10-7-5-4-6-8-10;/h4-9,11-12,15H,1-3H3,(H,18,20)(H,22,23);1H/t9?,11?,12-,15-;/m1./s1. The van der Waals surface area contributed by atoms with E-state index in [-0.39, 0.29) is 23.5 Å². The maximum atomic E-state index is 12.5. The Labute approximate surface area is 146 Å². The first kappa shape index (κ1) is 16.8. The minimum absolute atomic E-state index is 0. The van der Waals surface area contributed by atoms with Gasteiger partial charge in [0.05, 0.1) is 0 Å². The number of amides is 2. The molecule has 0 saturated carbocycles. The fourth-order valence-corrected chi connectivity index (χ4v) is 4.84. The van der Waals surface area contributed by atoms with Crippen LogP contribution in [-0.2, 0) is 14.4 Å². The number of carbonyl (C=O) groups excluding carboxylic acids is 2. The molecular formula is C17H22N2O4S. The molecule has 24 heavy (non-hydrogen) atoms. The SMILES string of the molecule is CC1N2C(=O)[C@@H](NC(=O)C(C(=O)O)c3ccccc3)[C@H]2SC1(C)C.[HH]. The molecule has 7 heteroatoms. The summed E-state index contributed by atoms with van der Waals surface area (Å²) >= 11 is 1.64. The number of carboxylic acids is 1. The van der Waals surface area contributed by atoms with E-state index in [2.05, 4.69) is 19.2 Å². The highest BCUT2D eigenvalue weighted by Gasteiger charge is 2.60. The summed E-state index contributed by atoms with van der Waals surface area (Å²) in [6, 6.07) is 7.75. The molecule has 0 aromatic heterocycles. The molecule has 2 N–H and O–H groups in total. The van der Waals surface area contributed by atoms with Crippen LogP contribution in [0.4, 0.5) is 0 Å². The van der Waals surface area contributed by atoms with E-state index < -0.39 is 23.8 Å². The van der Waals surface area contributed by atoms with Crippen LogP contribution in [0.5, 0.6) is 0 Å². The molecule has 3 rings (SSSR count). The summed E-state index contributed by atoms with van der Waals surface area (Å²) < 4.78 is -0.0918. The van der Waals surface area contributed by atoms with Crippen LogP contribution in [0, 0.1) is 0 Å². The van der Waals surface area contributed by atoms with E-state index in [1.54, 1.807) is 47.0 Å². The predicted molar refractivity (Wildman–Crippen MR) is 92.6 cm³/mol. The van der Waals surface area contributed by atoms with Crippen LogP contribution in [0.25, 0.3) is 0 Å². The van der Waals surface area contributed by atoms with Crippen molar-refractivity contribution in [3.63, 3.8) is 0 Å². The lowest BCUT2D eigenvalue weighted by molar-refractivity contribution is -0.153. The Balaban J connectivity index is 0.00000225.